The van der Waals surface area contributed by atoms with E-state index in [0.717, 1.165) is 5.56 Å². The number of amidine groups is 1. The molecule has 1 aliphatic heterocycles. The minimum atomic E-state index is -0.112. The molecule has 0 aromatic heterocycles. The molecular formula is C20H19ClN2O3S. The lowest BCUT2D eigenvalue weighted by molar-refractivity contribution is -0.121. The number of ether oxygens (including phenoxy) is 2. The molecule has 0 unspecified atom stereocenters. The van der Waals surface area contributed by atoms with Gasteiger partial charge in [0.2, 0.25) is 0 Å². The normalized spacial score (nSPS) is 17.0. The van der Waals surface area contributed by atoms with Gasteiger partial charge in [0.25, 0.3) is 5.91 Å². The molecule has 2 aromatic rings. The smallest absolute Gasteiger partial charge is 0.266 e. The van der Waals surface area contributed by atoms with Gasteiger partial charge in [-0.1, -0.05) is 29.8 Å². The number of aliphatic imine (C=N–C) groups is 1. The van der Waals surface area contributed by atoms with Crippen LogP contribution in [-0.2, 0) is 4.79 Å². The first-order chi connectivity index (χ1) is 13.0. The molecule has 0 saturated carbocycles. The largest absolute Gasteiger partial charge is 0.493 e. The molecule has 0 N–H and O–H groups in total. The first-order valence-electron chi connectivity index (χ1n) is 8.35. The van der Waals surface area contributed by atoms with Crippen molar-refractivity contribution in [1.29, 1.82) is 0 Å². The number of para-hydroxylation sites is 1. The Morgan fingerprint density at radius 1 is 1.22 bits per heavy atom. The van der Waals surface area contributed by atoms with Crippen molar-refractivity contribution in [3.05, 3.63) is 58.0 Å². The lowest BCUT2D eigenvalue weighted by Crippen LogP contribution is -2.23. The highest BCUT2D eigenvalue weighted by Crippen LogP contribution is 2.36. The van der Waals surface area contributed by atoms with E-state index in [9.17, 15) is 4.79 Å². The van der Waals surface area contributed by atoms with Crippen LogP contribution in [0.5, 0.6) is 11.5 Å². The highest BCUT2D eigenvalue weighted by Gasteiger charge is 2.30. The Morgan fingerprint density at radius 3 is 2.70 bits per heavy atom. The number of thioether (sulfide) groups is 1. The molecule has 7 heteroatoms. The van der Waals surface area contributed by atoms with Crippen LogP contribution in [0.2, 0.25) is 5.02 Å². The Morgan fingerprint density at radius 2 is 2.00 bits per heavy atom. The van der Waals surface area contributed by atoms with Gasteiger partial charge in [0.1, 0.15) is 0 Å². The quantitative estimate of drug-likeness (QED) is 0.662. The highest BCUT2D eigenvalue weighted by atomic mass is 35.5. The number of hydrogen-bond donors (Lipinski definition) is 0. The number of hydrogen-bond acceptors (Lipinski definition) is 5. The van der Waals surface area contributed by atoms with Crippen molar-refractivity contribution in [3.8, 4) is 11.5 Å². The number of rotatable bonds is 5. The van der Waals surface area contributed by atoms with Gasteiger partial charge >= 0.3 is 0 Å². The van der Waals surface area contributed by atoms with Gasteiger partial charge in [0.05, 0.1) is 29.3 Å². The van der Waals surface area contributed by atoms with Crippen molar-refractivity contribution >= 4 is 46.2 Å². The van der Waals surface area contributed by atoms with Crippen LogP contribution in [0, 0.1) is 0 Å². The Bertz CT molecular complexity index is 927. The number of likely N-dealkylation sites (N-methyl/N-ethyl adjacent to an activating group) is 1. The van der Waals surface area contributed by atoms with Crippen molar-refractivity contribution in [1.82, 2.24) is 4.90 Å². The summed E-state index contributed by atoms with van der Waals surface area (Å²) in [6.45, 7) is 2.47. The predicted molar refractivity (Wildman–Crippen MR) is 111 cm³/mol. The lowest BCUT2D eigenvalue weighted by atomic mass is 10.2. The van der Waals surface area contributed by atoms with Crippen LogP contribution in [-0.4, -0.2) is 36.7 Å². The molecule has 27 heavy (non-hydrogen) atoms. The molecule has 1 aliphatic rings. The molecule has 3 rings (SSSR count). The predicted octanol–water partition coefficient (Wildman–Crippen LogP) is 4.98. The second kappa shape index (κ2) is 8.50. The van der Waals surface area contributed by atoms with Gasteiger partial charge in [0.15, 0.2) is 16.7 Å². The summed E-state index contributed by atoms with van der Waals surface area (Å²) >= 11 is 7.48. The minimum absolute atomic E-state index is 0.112. The molecular weight excluding hydrogens is 384 g/mol. The summed E-state index contributed by atoms with van der Waals surface area (Å²) in [5.74, 6) is 1.18. The Balaban J connectivity index is 1.90. The summed E-state index contributed by atoms with van der Waals surface area (Å²) in [5.41, 5.74) is 1.48. The minimum Gasteiger partial charge on any atom is -0.493 e. The molecule has 0 atom stereocenters. The molecule has 0 spiro atoms. The third-order valence-electron chi connectivity index (χ3n) is 3.86. The van der Waals surface area contributed by atoms with Crippen LogP contribution in [0.15, 0.2) is 52.4 Å². The summed E-state index contributed by atoms with van der Waals surface area (Å²) in [7, 11) is 3.29. The van der Waals surface area contributed by atoms with E-state index >= 15 is 0 Å². The van der Waals surface area contributed by atoms with Gasteiger partial charge in [-0.25, -0.2) is 4.99 Å². The van der Waals surface area contributed by atoms with Gasteiger partial charge in [-0.2, -0.15) is 0 Å². The Hall–Kier alpha value is -2.44. The zero-order valence-electron chi connectivity index (χ0n) is 15.2. The topological polar surface area (TPSA) is 51.1 Å². The van der Waals surface area contributed by atoms with E-state index in [4.69, 9.17) is 21.1 Å². The van der Waals surface area contributed by atoms with Crippen LogP contribution >= 0.6 is 23.4 Å². The van der Waals surface area contributed by atoms with Crippen LogP contribution in [0.1, 0.15) is 12.5 Å². The van der Waals surface area contributed by atoms with E-state index in [1.54, 1.807) is 20.2 Å². The van der Waals surface area contributed by atoms with Crippen LogP contribution in [0.4, 0.5) is 5.69 Å². The van der Waals surface area contributed by atoms with E-state index in [2.05, 4.69) is 4.99 Å². The molecule has 1 heterocycles. The fourth-order valence-corrected chi connectivity index (χ4v) is 3.65. The van der Waals surface area contributed by atoms with E-state index in [-0.39, 0.29) is 5.91 Å². The number of amides is 1. The van der Waals surface area contributed by atoms with Crippen LogP contribution in [0.3, 0.4) is 0 Å². The second-order valence-electron chi connectivity index (χ2n) is 5.66. The molecule has 5 nitrogen and oxygen atoms in total. The van der Waals surface area contributed by atoms with Crippen molar-refractivity contribution in [2.75, 3.05) is 20.8 Å². The number of carbonyl (C=O) groups is 1. The molecule has 0 aliphatic carbocycles. The van der Waals surface area contributed by atoms with E-state index < -0.39 is 0 Å². The van der Waals surface area contributed by atoms with Gasteiger partial charge in [0, 0.05) is 7.05 Å². The molecule has 2 aromatic carbocycles. The van der Waals surface area contributed by atoms with Crippen LogP contribution in [0.25, 0.3) is 6.08 Å². The zero-order valence-corrected chi connectivity index (χ0v) is 16.8. The Kier molecular flexibility index (Phi) is 6.08. The maximum absolute atomic E-state index is 12.6. The molecule has 140 valence electrons. The number of nitrogens with zero attached hydrogens (tertiary/aromatic N) is 2. The number of benzene rings is 2. The third kappa shape index (κ3) is 4.28. The highest BCUT2D eigenvalue weighted by molar-refractivity contribution is 8.18. The number of methoxy groups -OCH3 is 1. The van der Waals surface area contributed by atoms with Crippen molar-refractivity contribution in [2.24, 2.45) is 4.99 Å². The second-order valence-corrected chi connectivity index (χ2v) is 7.08. The van der Waals surface area contributed by atoms with Crippen molar-refractivity contribution in [3.63, 3.8) is 0 Å². The van der Waals surface area contributed by atoms with Crippen molar-refractivity contribution in [2.45, 2.75) is 6.92 Å². The molecule has 0 radical (unpaired) electrons. The fourth-order valence-electron chi connectivity index (χ4n) is 2.50. The summed E-state index contributed by atoms with van der Waals surface area (Å²) in [6.07, 6.45) is 1.82. The average Bonchev–Trinajstić information content (AvgIpc) is 2.93. The molecule has 1 saturated heterocycles. The maximum atomic E-state index is 12.6. The van der Waals surface area contributed by atoms with Gasteiger partial charge in [-0.3, -0.25) is 9.69 Å². The zero-order chi connectivity index (χ0) is 19.4. The monoisotopic (exact) mass is 402 g/mol. The molecule has 1 fully saturated rings. The first-order valence-corrected chi connectivity index (χ1v) is 9.54. The van der Waals surface area contributed by atoms with Crippen molar-refractivity contribution < 1.29 is 14.3 Å². The van der Waals surface area contributed by atoms with Gasteiger partial charge in [-0.05, 0) is 54.6 Å². The summed E-state index contributed by atoms with van der Waals surface area (Å²) in [6, 6.07) is 12.8. The first kappa shape index (κ1) is 19.3. The van der Waals surface area contributed by atoms with E-state index in [0.29, 0.717) is 38.9 Å². The Labute approximate surface area is 167 Å². The molecule has 1 amide bonds. The molecule has 0 bridgehead atoms. The van der Waals surface area contributed by atoms with Gasteiger partial charge in [-0.15, -0.1) is 0 Å². The standard InChI is InChI=1S/C20H19ClN2O3S/c1-4-26-16-10-9-13(11-17(16)25-3)12-18-19(24)23(2)20(27-18)22-15-8-6-5-7-14(15)21/h5-12H,4H2,1-3H3/b18-12+,22-20?. The number of halogens is 1. The third-order valence-corrected chi connectivity index (χ3v) is 5.24. The average molecular weight is 403 g/mol. The maximum Gasteiger partial charge on any atom is 0.266 e. The van der Waals surface area contributed by atoms with Gasteiger partial charge < -0.3 is 9.47 Å². The fraction of sp³-hybridized carbons (Fsp3) is 0.200. The summed E-state index contributed by atoms with van der Waals surface area (Å²) in [5, 5.41) is 1.12. The SMILES string of the molecule is CCOc1ccc(/C=C2/SC(=Nc3ccccc3Cl)N(C)C2=O)cc1OC. The lowest BCUT2D eigenvalue weighted by Gasteiger charge is -2.09. The van der Waals surface area contributed by atoms with E-state index in [1.165, 1.54) is 16.7 Å². The van der Waals surface area contributed by atoms with Crippen LogP contribution < -0.4 is 9.47 Å². The summed E-state index contributed by atoms with van der Waals surface area (Å²) < 4.78 is 10.9. The summed E-state index contributed by atoms with van der Waals surface area (Å²) in [4.78, 5) is 19.2. The number of carbonyl (C=O) groups excluding carboxylic acids is 1. The van der Waals surface area contributed by atoms with E-state index in [1.807, 2.05) is 49.4 Å².